The number of rotatable bonds is 1. The van der Waals surface area contributed by atoms with Crippen molar-refractivity contribution >= 4 is 18.3 Å². The van der Waals surface area contributed by atoms with Crippen molar-refractivity contribution in [3.63, 3.8) is 0 Å². The number of amides is 1. The minimum atomic E-state index is 0. The molecule has 1 fully saturated rings. The summed E-state index contributed by atoms with van der Waals surface area (Å²) in [5.74, 6) is 0.0559. The Hall–Kier alpha value is -1.13. The molecule has 2 heterocycles. The topological polar surface area (TPSA) is 59.2 Å². The van der Waals surface area contributed by atoms with Gasteiger partial charge in [-0.15, -0.1) is 12.4 Å². The van der Waals surface area contributed by atoms with Gasteiger partial charge in [0.15, 0.2) is 0 Å². The van der Waals surface area contributed by atoms with Crippen LogP contribution in [0.25, 0.3) is 0 Å². The standard InChI is InChI=1S/C10H13N3O.ClH/c11-9-3-6-13(7-9)10(14)8-1-4-12-5-2-8;/h1-2,4-5,9H,3,6-7,11H2;1H. The highest BCUT2D eigenvalue weighted by Crippen LogP contribution is 2.11. The molecule has 1 saturated heterocycles. The van der Waals surface area contributed by atoms with Crippen molar-refractivity contribution in [2.75, 3.05) is 13.1 Å². The van der Waals surface area contributed by atoms with Crippen LogP contribution in [0.15, 0.2) is 24.5 Å². The van der Waals surface area contributed by atoms with Gasteiger partial charge in [-0.1, -0.05) is 0 Å². The van der Waals surface area contributed by atoms with Crippen molar-refractivity contribution in [1.82, 2.24) is 9.88 Å². The lowest BCUT2D eigenvalue weighted by molar-refractivity contribution is 0.0791. The second-order valence-corrected chi connectivity index (χ2v) is 3.54. The Labute approximate surface area is 94.9 Å². The lowest BCUT2D eigenvalue weighted by atomic mass is 10.2. The summed E-state index contributed by atoms with van der Waals surface area (Å²) in [5.41, 5.74) is 6.42. The molecule has 0 saturated carbocycles. The Balaban J connectivity index is 0.00000112. The van der Waals surface area contributed by atoms with Gasteiger partial charge in [0.05, 0.1) is 0 Å². The predicted octanol–water partition coefficient (Wildman–Crippen LogP) is 0.677. The SMILES string of the molecule is Cl.NC1CCN(C(=O)c2ccncc2)C1. The van der Waals surface area contributed by atoms with Gasteiger partial charge in [-0.2, -0.15) is 0 Å². The van der Waals surface area contributed by atoms with Crippen molar-refractivity contribution in [3.05, 3.63) is 30.1 Å². The number of aromatic nitrogens is 1. The maximum atomic E-state index is 11.8. The maximum absolute atomic E-state index is 11.8. The molecule has 0 radical (unpaired) electrons. The van der Waals surface area contributed by atoms with Gasteiger partial charge in [0.25, 0.3) is 5.91 Å². The van der Waals surface area contributed by atoms with Crippen LogP contribution in [0.3, 0.4) is 0 Å². The van der Waals surface area contributed by atoms with Crippen LogP contribution in [0.4, 0.5) is 0 Å². The lowest BCUT2D eigenvalue weighted by Gasteiger charge is -2.15. The summed E-state index contributed by atoms with van der Waals surface area (Å²) in [5, 5.41) is 0. The first-order valence-electron chi connectivity index (χ1n) is 4.72. The first-order chi connectivity index (χ1) is 6.77. The Kier molecular flexibility index (Phi) is 4.05. The molecule has 0 aliphatic carbocycles. The Bertz CT molecular complexity index is 331. The van der Waals surface area contributed by atoms with E-state index in [0.717, 1.165) is 13.0 Å². The molecule has 4 nitrogen and oxygen atoms in total. The Morgan fingerprint density at radius 1 is 1.47 bits per heavy atom. The molecule has 1 aromatic heterocycles. The number of hydrogen-bond donors (Lipinski definition) is 1. The van der Waals surface area contributed by atoms with Gasteiger partial charge in [-0.3, -0.25) is 9.78 Å². The summed E-state index contributed by atoms with van der Waals surface area (Å²) < 4.78 is 0. The van der Waals surface area contributed by atoms with E-state index in [2.05, 4.69) is 4.98 Å². The quantitative estimate of drug-likeness (QED) is 0.768. The predicted molar refractivity (Wildman–Crippen MR) is 60.0 cm³/mol. The molecule has 1 aliphatic rings. The van der Waals surface area contributed by atoms with E-state index in [9.17, 15) is 4.79 Å². The van der Waals surface area contributed by atoms with E-state index in [1.54, 1.807) is 29.4 Å². The third-order valence-electron chi connectivity index (χ3n) is 2.44. The molecule has 0 spiro atoms. The zero-order valence-corrected chi connectivity index (χ0v) is 9.11. The summed E-state index contributed by atoms with van der Waals surface area (Å²) >= 11 is 0. The highest BCUT2D eigenvalue weighted by Gasteiger charge is 2.24. The van der Waals surface area contributed by atoms with Gasteiger partial charge >= 0.3 is 0 Å². The molecule has 2 rings (SSSR count). The van der Waals surface area contributed by atoms with E-state index in [1.807, 2.05) is 0 Å². The second-order valence-electron chi connectivity index (χ2n) is 3.54. The van der Waals surface area contributed by atoms with Crippen LogP contribution in [0.2, 0.25) is 0 Å². The molecule has 15 heavy (non-hydrogen) atoms. The van der Waals surface area contributed by atoms with Crippen molar-refractivity contribution in [2.45, 2.75) is 12.5 Å². The molecule has 1 amide bonds. The summed E-state index contributed by atoms with van der Waals surface area (Å²) in [7, 11) is 0. The summed E-state index contributed by atoms with van der Waals surface area (Å²) in [6.45, 7) is 1.43. The lowest BCUT2D eigenvalue weighted by Crippen LogP contribution is -2.31. The molecule has 1 atom stereocenters. The van der Waals surface area contributed by atoms with Crippen LogP contribution in [0.5, 0.6) is 0 Å². The minimum absolute atomic E-state index is 0. The molecular weight excluding hydrogens is 214 g/mol. The smallest absolute Gasteiger partial charge is 0.254 e. The van der Waals surface area contributed by atoms with Crippen LogP contribution < -0.4 is 5.73 Å². The fourth-order valence-corrected chi connectivity index (χ4v) is 1.65. The fourth-order valence-electron chi connectivity index (χ4n) is 1.65. The van der Waals surface area contributed by atoms with E-state index < -0.39 is 0 Å². The zero-order chi connectivity index (χ0) is 9.97. The van der Waals surface area contributed by atoms with E-state index in [4.69, 9.17) is 5.73 Å². The molecule has 1 aromatic rings. The average molecular weight is 228 g/mol. The normalized spacial score (nSPS) is 19.8. The van der Waals surface area contributed by atoms with Gasteiger partial charge in [0.1, 0.15) is 0 Å². The molecule has 0 aromatic carbocycles. The first-order valence-corrected chi connectivity index (χ1v) is 4.72. The van der Waals surface area contributed by atoms with E-state index >= 15 is 0 Å². The van der Waals surface area contributed by atoms with Crippen LogP contribution in [0.1, 0.15) is 16.8 Å². The Morgan fingerprint density at radius 2 is 2.13 bits per heavy atom. The number of carbonyl (C=O) groups is 1. The van der Waals surface area contributed by atoms with Crippen LogP contribution in [0, 0.1) is 0 Å². The number of nitrogens with two attached hydrogens (primary N) is 1. The van der Waals surface area contributed by atoms with Crippen LogP contribution in [-0.2, 0) is 0 Å². The Morgan fingerprint density at radius 3 is 2.67 bits per heavy atom. The van der Waals surface area contributed by atoms with E-state index in [1.165, 1.54) is 0 Å². The van der Waals surface area contributed by atoms with Gasteiger partial charge in [-0.05, 0) is 18.6 Å². The third-order valence-corrected chi connectivity index (χ3v) is 2.44. The van der Waals surface area contributed by atoms with Gasteiger partial charge in [-0.25, -0.2) is 0 Å². The molecule has 0 bridgehead atoms. The van der Waals surface area contributed by atoms with Crippen molar-refractivity contribution < 1.29 is 4.79 Å². The monoisotopic (exact) mass is 227 g/mol. The molecule has 1 unspecified atom stereocenters. The number of likely N-dealkylation sites (tertiary alicyclic amines) is 1. The van der Waals surface area contributed by atoms with Gasteiger partial charge < -0.3 is 10.6 Å². The summed E-state index contributed by atoms with van der Waals surface area (Å²) in [6.07, 6.45) is 4.16. The highest BCUT2D eigenvalue weighted by atomic mass is 35.5. The number of hydrogen-bond acceptors (Lipinski definition) is 3. The maximum Gasteiger partial charge on any atom is 0.254 e. The molecular formula is C10H14ClN3O. The van der Waals surface area contributed by atoms with E-state index in [0.29, 0.717) is 12.1 Å². The van der Waals surface area contributed by atoms with Crippen LogP contribution >= 0.6 is 12.4 Å². The molecule has 82 valence electrons. The minimum Gasteiger partial charge on any atom is -0.337 e. The number of nitrogens with zero attached hydrogens (tertiary/aromatic N) is 2. The molecule has 5 heteroatoms. The number of carbonyl (C=O) groups excluding carboxylic acids is 1. The van der Waals surface area contributed by atoms with Crippen LogP contribution in [-0.4, -0.2) is 34.9 Å². The first kappa shape index (κ1) is 11.9. The van der Waals surface area contributed by atoms with Crippen molar-refractivity contribution in [1.29, 1.82) is 0 Å². The fraction of sp³-hybridized carbons (Fsp3) is 0.400. The second kappa shape index (κ2) is 5.09. The summed E-state index contributed by atoms with van der Waals surface area (Å²) in [6, 6.07) is 3.60. The molecule has 2 N–H and O–H groups in total. The van der Waals surface area contributed by atoms with Crippen molar-refractivity contribution in [2.24, 2.45) is 5.73 Å². The highest BCUT2D eigenvalue weighted by molar-refractivity contribution is 5.94. The van der Waals surface area contributed by atoms with Gasteiger partial charge in [0.2, 0.25) is 0 Å². The largest absolute Gasteiger partial charge is 0.337 e. The van der Waals surface area contributed by atoms with Crippen molar-refractivity contribution in [3.8, 4) is 0 Å². The third kappa shape index (κ3) is 2.67. The average Bonchev–Trinajstić information content (AvgIpc) is 2.65. The number of pyridine rings is 1. The van der Waals surface area contributed by atoms with Gasteiger partial charge in [0, 0.05) is 37.1 Å². The molecule has 1 aliphatic heterocycles. The zero-order valence-electron chi connectivity index (χ0n) is 8.30. The number of halogens is 1. The summed E-state index contributed by atoms with van der Waals surface area (Å²) in [4.78, 5) is 17.5. The van der Waals surface area contributed by atoms with E-state index in [-0.39, 0.29) is 24.4 Å².